The van der Waals surface area contributed by atoms with E-state index in [9.17, 15) is 22.8 Å². The van der Waals surface area contributed by atoms with E-state index in [1.165, 1.54) is 23.7 Å². The molecule has 4 rings (SSSR count). The summed E-state index contributed by atoms with van der Waals surface area (Å²) < 4.78 is 37.1. The third-order valence-electron chi connectivity index (χ3n) is 6.48. The lowest BCUT2D eigenvalue weighted by Gasteiger charge is -2.16. The zero-order chi connectivity index (χ0) is 29.2. The lowest BCUT2D eigenvalue weighted by atomic mass is 10.2. The summed E-state index contributed by atoms with van der Waals surface area (Å²) in [7, 11) is -2.33. The second-order valence-corrected chi connectivity index (χ2v) is 11.0. The fourth-order valence-corrected chi connectivity index (χ4v) is 5.57. The Morgan fingerprint density at radius 3 is 2.27 bits per heavy atom. The van der Waals surface area contributed by atoms with Gasteiger partial charge in [0.2, 0.25) is 0 Å². The quantitative estimate of drug-likeness (QED) is 0.312. The largest absolute Gasteiger partial charge is 0.449 e. The summed E-state index contributed by atoms with van der Waals surface area (Å²) >= 11 is 0. The molecular weight excluding hydrogens is 532 g/mol. The highest BCUT2D eigenvalue weighted by molar-refractivity contribution is 7.92. The fourth-order valence-electron chi connectivity index (χ4n) is 4.16. The van der Waals surface area contributed by atoms with Crippen molar-refractivity contribution in [3.8, 4) is 5.69 Å². The molecule has 0 bridgehead atoms. The number of carbonyl (C=O) groups excluding carboxylic acids is 2. The van der Waals surface area contributed by atoms with Gasteiger partial charge < -0.3 is 10.1 Å². The van der Waals surface area contributed by atoms with Crippen molar-refractivity contribution in [3.05, 3.63) is 106 Å². The summed E-state index contributed by atoms with van der Waals surface area (Å²) in [5.41, 5.74) is 1.99. The number of esters is 1. The Balaban J connectivity index is 1.52. The highest BCUT2D eigenvalue weighted by atomic mass is 32.2. The van der Waals surface area contributed by atoms with E-state index in [0.717, 1.165) is 5.56 Å². The number of anilines is 2. The van der Waals surface area contributed by atoms with Gasteiger partial charge >= 0.3 is 5.97 Å². The molecule has 0 radical (unpaired) electrons. The van der Waals surface area contributed by atoms with Crippen molar-refractivity contribution >= 4 is 33.3 Å². The molecule has 0 aliphatic heterocycles. The van der Waals surface area contributed by atoms with Crippen LogP contribution in [0.3, 0.4) is 0 Å². The zero-order valence-corrected chi connectivity index (χ0v) is 23.6. The van der Waals surface area contributed by atoms with Crippen LogP contribution in [0.25, 0.3) is 5.69 Å². The third kappa shape index (κ3) is 5.69. The standard InChI is InChI=1S/C29H30N4O6S/c1-18-15-16-19(2)25(17-18)40(37,38)31-24-14-10-9-13-23(24)29(36)39-21(4)27(34)30-26-20(3)32(5)33(28(26)35)22-11-7-6-8-12-22/h6-17,21,31H,1-5H3,(H,30,34)/t21-/m0/s1. The number of ether oxygens (including phenoxy) is 1. The first-order valence-electron chi connectivity index (χ1n) is 12.5. The number of rotatable bonds is 8. The molecule has 1 amide bonds. The highest BCUT2D eigenvalue weighted by Crippen LogP contribution is 2.24. The van der Waals surface area contributed by atoms with Gasteiger partial charge in [-0.3, -0.25) is 19.0 Å². The van der Waals surface area contributed by atoms with Gasteiger partial charge in [-0.15, -0.1) is 0 Å². The third-order valence-corrected chi connectivity index (χ3v) is 7.99. The number of nitrogens with zero attached hydrogens (tertiary/aromatic N) is 2. The van der Waals surface area contributed by atoms with Crippen molar-refractivity contribution in [2.45, 2.75) is 38.7 Å². The molecule has 0 spiro atoms. The zero-order valence-electron chi connectivity index (χ0n) is 22.8. The van der Waals surface area contributed by atoms with Crippen molar-refractivity contribution in [2.24, 2.45) is 7.05 Å². The number of sulfonamides is 1. The molecule has 0 aliphatic carbocycles. The first kappa shape index (κ1) is 28.4. The number of benzene rings is 3. The van der Waals surface area contributed by atoms with Crippen LogP contribution in [0.15, 0.2) is 82.5 Å². The van der Waals surface area contributed by atoms with Crippen molar-refractivity contribution in [2.75, 3.05) is 10.0 Å². The lowest BCUT2D eigenvalue weighted by Crippen LogP contribution is -2.32. The summed E-state index contributed by atoms with van der Waals surface area (Å²) in [5, 5.41) is 2.57. The number of hydrogen-bond acceptors (Lipinski definition) is 6. The van der Waals surface area contributed by atoms with Gasteiger partial charge in [-0.1, -0.05) is 42.5 Å². The summed E-state index contributed by atoms with van der Waals surface area (Å²) in [4.78, 5) is 39.2. The fraction of sp³-hybridized carbons (Fsp3) is 0.207. The first-order chi connectivity index (χ1) is 18.9. The summed E-state index contributed by atoms with van der Waals surface area (Å²) in [6, 6.07) is 20.0. The Kier molecular flexibility index (Phi) is 7.96. The molecule has 40 heavy (non-hydrogen) atoms. The van der Waals surface area contributed by atoms with Gasteiger partial charge in [-0.05, 0) is 69.2 Å². The average molecular weight is 563 g/mol. The number of para-hydroxylation sites is 2. The number of amides is 1. The minimum Gasteiger partial charge on any atom is -0.449 e. The van der Waals surface area contributed by atoms with Gasteiger partial charge in [0.15, 0.2) is 6.10 Å². The second-order valence-electron chi connectivity index (χ2n) is 9.39. The normalized spacial score (nSPS) is 12.0. The van der Waals surface area contributed by atoms with Gasteiger partial charge in [-0.2, -0.15) is 0 Å². The maximum Gasteiger partial charge on any atom is 0.341 e. The van der Waals surface area contributed by atoms with Crippen LogP contribution in [-0.4, -0.2) is 35.8 Å². The van der Waals surface area contributed by atoms with Crippen LogP contribution in [0, 0.1) is 20.8 Å². The van der Waals surface area contributed by atoms with E-state index < -0.39 is 33.6 Å². The second kappa shape index (κ2) is 11.2. The minimum absolute atomic E-state index is 0.00525. The average Bonchev–Trinajstić information content (AvgIpc) is 3.13. The number of carbonyl (C=O) groups is 2. The summed E-state index contributed by atoms with van der Waals surface area (Å²) in [6.45, 7) is 6.51. The van der Waals surface area contributed by atoms with Gasteiger partial charge in [0, 0.05) is 7.05 Å². The van der Waals surface area contributed by atoms with Gasteiger partial charge in [0.25, 0.3) is 21.5 Å². The molecule has 0 saturated heterocycles. The molecule has 3 aromatic carbocycles. The van der Waals surface area contributed by atoms with E-state index in [1.807, 2.05) is 6.07 Å². The number of nitrogens with one attached hydrogen (secondary N) is 2. The number of aromatic nitrogens is 2. The Morgan fingerprint density at radius 2 is 1.57 bits per heavy atom. The van der Waals surface area contributed by atoms with Crippen LogP contribution in [0.4, 0.5) is 11.4 Å². The first-order valence-corrected chi connectivity index (χ1v) is 13.9. The Labute approximate surface area is 232 Å². The van der Waals surface area contributed by atoms with Crippen LogP contribution in [0.2, 0.25) is 0 Å². The maximum absolute atomic E-state index is 13.1. The Bertz CT molecular complexity index is 1760. The van der Waals surface area contributed by atoms with Gasteiger partial charge in [0.1, 0.15) is 5.69 Å². The monoisotopic (exact) mass is 562 g/mol. The molecule has 1 heterocycles. The number of hydrogen-bond donors (Lipinski definition) is 2. The molecule has 10 nitrogen and oxygen atoms in total. The molecular formula is C29H30N4O6S. The van der Waals surface area contributed by atoms with Crippen LogP contribution < -0.4 is 15.6 Å². The SMILES string of the molecule is Cc1ccc(C)c(S(=O)(=O)Nc2ccccc2C(=O)O[C@@H](C)C(=O)Nc2c(C)n(C)n(-c3ccccc3)c2=O)c1. The molecule has 1 atom stereocenters. The van der Waals surface area contributed by atoms with Crippen molar-refractivity contribution < 1.29 is 22.7 Å². The van der Waals surface area contributed by atoms with Crippen molar-refractivity contribution in [3.63, 3.8) is 0 Å². The molecule has 1 aromatic heterocycles. The van der Waals surface area contributed by atoms with Gasteiger partial charge in [0.05, 0.1) is 27.5 Å². The van der Waals surface area contributed by atoms with E-state index in [1.54, 1.807) is 87.1 Å². The Hall–Kier alpha value is -4.64. The van der Waals surface area contributed by atoms with E-state index in [0.29, 0.717) is 16.9 Å². The molecule has 0 saturated carbocycles. The van der Waals surface area contributed by atoms with Crippen LogP contribution in [0.5, 0.6) is 0 Å². The van der Waals surface area contributed by atoms with Crippen molar-refractivity contribution in [1.82, 2.24) is 9.36 Å². The Morgan fingerprint density at radius 1 is 0.925 bits per heavy atom. The molecule has 0 fully saturated rings. The van der Waals surface area contributed by atoms with E-state index in [2.05, 4.69) is 10.0 Å². The summed E-state index contributed by atoms with van der Waals surface area (Å²) in [6.07, 6.45) is -1.29. The van der Waals surface area contributed by atoms with E-state index >= 15 is 0 Å². The molecule has 2 N–H and O–H groups in total. The van der Waals surface area contributed by atoms with E-state index in [-0.39, 0.29) is 21.8 Å². The molecule has 0 unspecified atom stereocenters. The van der Waals surface area contributed by atoms with E-state index in [4.69, 9.17) is 4.74 Å². The molecule has 4 aromatic rings. The molecule has 11 heteroatoms. The summed E-state index contributed by atoms with van der Waals surface area (Å²) in [5.74, 6) is -1.62. The van der Waals surface area contributed by atoms with Crippen LogP contribution in [0.1, 0.15) is 34.1 Å². The van der Waals surface area contributed by atoms with Gasteiger partial charge in [-0.25, -0.2) is 17.9 Å². The van der Waals surface area contributed by atoms with Crippen LogP contribution in [-0.2, 0) is 26.6 Å². The predicted octanol–water partition coefficient (Wildman–Crippen LogP) is 4.09. The molecule has 208 valence electrons. The number of aryl methyl sites for hydroxylation is 2. The topological polar surface area (TPSA) is 128 Å². The molecule has 0 aliphatic rings. The minimum atomic E-state index is -4.02. The maximum atomic E-state index is 13.1. The lowest BCUT2D eigenvalue weighted by molar-refractivity contribution is -0.123. The smallest absolute Gasteiger partial charge is 0.341 e. The predicted molar refractivity (Wildman–Crippen MR) is 152 cm³/mol. The van der Waals surface area contributed by atoms with Crippen LogP contribution >= 0.6 is 0 Å². The highest BCUT2D eigenvalue weighted by Gasteiger charge is 2.26. The van der Waals surface area contributed by atoms with Crippen molar-refractivity contribution in [1.29, 1.82) is 0 Å².